The number of ether oxygens (including phenoxy) is 2. The summed E-state index contributed by atoms with van der Waals surface area (Å²) in [6.45, 7) is 5.13. The molecule has 0 N–H and O–H groups in total. The summed E-state index contributed by atoms with van der Waals surface area (Å²) in [5.41, 5.74) is 0.788. The Kier molecular flexibility index (Phi) is 4.33. The quantitative estimate of drug-likeness (QED) is 0.793. The van der Waals surface area contributed by atoms with Crippen LogP contribution >= 0.6 is 11.3 Å². The van der Waals surface area contributed by atoms with Crippen molar-refractivity contribution in [3.63, 3.8) is 0 Å². The number of hydrogen-bond donors (Lipinski definition) is 0. The van der Waals surface area contributed by atoms with E-state index in [1.54, 1.807) is 11.3 Å². The molecule has 3 heterocycles. The first kappa shape index (κ1) is 14.0. The fourth-order valence-electron chi connectivity index (χ4n) is 2.88. The number of nitrogens with zero attached hydrogens (tertiary/aromatic N) is 2. The van der Waals surface area contributed by atoms with E-state index in [0.717, 1.165) is 23.9 Å². The number of hydrogen-bond acceptors (Lipinski definition) is 6. The summed E-state index contributed by atoms with van der Waals surface area (Å²) < 4.78 is 10.9. The lowest BCUT2D eigenvalue weighted by atomic mass is 10.2. The highest BCUT2D eigenvalue weighted by atomic mass is 32.1. The molecule has 1 aromatic heterocycles. The van der Waals surface area contributed by atoms with Gasteiger partial charge in [0, 0.05) is 18.0 Å². The fraction of sp³-hybridized carbons (Fsp3) is 0.714. The van der Waals surface area contributed by atoms with E-state index in [2.05, 4.69) is 9.88 Å². The Morgan fingerprint density at radius 2 is 2.55 bits per heavy atom. The molecule has 3 rings (SSSR count). The van der Waals surface area contributed by atoms with Gasteiger partial charge in [0.2, 0.25) is 0 Å². The zero-order chi connectivity index (χ0) is 13.9. The second-order valence-corrected chi connectivity index (χ2v) is 6.16. The summed E-state index contributed by atoms with van der Waals surface area (Å²) in [6.07, 6.45) is 2.83. The zero-order valence-electron chi connectivity index (χ0n) is 11.7. The van der Waals surface area contributed by atoms with E-state index in [-0.39, 0.29) is 18.5 Å². The van der Waals surface area contributed by atoms with Gasteiger partial charge in [-0.1, -0.05) is 0 Å². The molecule has 0 aliphatic carbocycles. The molecule has 5 nitrogen and oxygen atoms in total. The molecule has 0 amide bonds. The first-order valence-electron chi connectivity index (χ1n) is 7.22. The van der Waals surface area contributed by atoms with Gasteiger partial charge in [0.15, 0.2) is 0 Å². The third-order valence-corrected chi connectivity index (χ3v) is 4.85. The summed E-state index contributed by atoms with van der Waals surface area (Å²) in [5, 5.41) is 2.92. The molecule has 0 aromatic carbocycles. The number of morpholine rings is 1. The standard InChI is InChI=1S/C14H20N2O3S/c1-2-18-13(17)6-10-9-20-14(15-10)12-7-16-5-3-4-11(16)8-19-12/h9,11-12H,2-8H2,1H3. The Labute approximate surface area is 122 Å². The van der Waals surface area contributed by atoms with Gasteiger partial charge in [-0.25, -0.2) is 4.98 Å². The minimum atomic E-state index is -0.214. The highest BCUT2D eigenvalue weighted by Gasteiger charge is 2.34. The lowest BCUT2D eigenvalue weighted by molar-refractivity contribution is -0.142. The number of carbonyl (C=O) groups excluding carboxylic acids is 1. The third kappa shape index (κ3) is 3.02. The van der Waals surface area contributed by atoms with E-state index < -0.39 is 0 Å². The van der Waals surface area contributed by atoms with Crippen LogP contribution in [0, 0.1) is 0 Å². The predicted molar refractivity (Wildman–Crippen MR) is 75.7 cm³/mol. The molecule has 2 aliphatic rings. The van der Waals surface area contributed by atoms with E-state index in [1.807, 2.05) is 12.3 Å². The van der Waals surface area contributed by atoms with Crippen molar-refractivity contribution in [2.45, 2.75) is 38.3 Å². The molecule has 2 aliphatic heterocycles. The minimum Gasteiger partial charge on any atom is -0.466 e. The normalized spacial score (nSPS) is 26.4. The molecule has 2 atom stereocenters. The van der Waals surface area contributed by atoms with Crippen LogP contribution in [0.2, 0.25) is 0 Å². The number of carbonyl (C=O) groups is 1. The summed E-state index contributed by atoms with van der Waals surface area (Å²) in [5.74, 6) is -0.214. The van der Waals surface area contributed by atoms with Gasteiger partial charge in [0.1, 0.15) is 11.1 Å². The third-order valence-electron chi connectivity index (χ3n) is 3.86. The van der Waals surface area contributed by atoms with Crippen molar-refractivity contribution in [2.24, 2.45) is 0 Å². The Morgan fingerprint density at radius 1 is 1.65 bits per heavy atom. The van der Waals surface area contributed by atoms with Crippen LogP contribution in [0.5, 0.6) is 0 Å². The molecular weight excluding hydrogens is 276 g/mol. The molecule has 2 fully saturated rings. The lowest BCUT2D eigenvalue weighted by Crippen LogP contribution is -2.42. The van der Waals surface area contributed by atoms with Crippen LogP contribution in [0.3, 0.4) is 0 Å². The second-order valence-electron chi connectivity index (χ2n) is 5.27. The van der Waals surface area contributed by atoms with Crippen molar-refractivity contribution in [2.75, 3.05) is 26.3 Å². The number of aromatic nitrogens is 1. The van der Waals surface area contributed by atoms with Gasteiger partial charge in [-0.05, 0) is 26.3 Å². The van der Waals surface area contributed by atoms with E-state index in [9.17, 15) is 4.79 Å². The van der Waals surface area contributed by atoms with Gasteiger partial charge in [-0.15, -0.1) is 11.3 Å². The van der Waals surface area contributed by atoms with E-state index in [0.29, 0.717) is 12.6 Å². The van der Waals surface area contributed by atoms with E-state index >= 15 is 0 Å². The van der Waals surface area contributed by atoms with Crippen molar-refractivity contribution in [1.82, 2.24) is 9.88 Å². The van der Waals surface area contributed by atoms with Gasteiger partial charge >= 0.3 is 5.97 Å². The van der Waals surface area contributed by atoms with Crippen molar-refractivity contribution in [3.8, 4) is 0 Å². The summed E-state index contributed by atoms with van der Waals surface area (Å²) in [4.78, 5) is 18.5. The van der Waals surface area contributed by atoms with Crippen LogP contribution in [0.15, 0.2) is 5.38 Å². The second kappa shape index (κ2) is 6.20. The highest BCUT2D eigenvalue weighted by molar-refractivity contribution is 7.09. The molecule has 110 valence electrons. The van der Waals surface area contributed by atoms with Crippen molar-refractivity contribution in [1.29, 1.82) is 0 Å². The topological polar surface area (TPSA) is 51.7 Å². The van der Waals surface area contributed by atoms with Gasteiger partial charge in [-0.2, -0.15) is 0 Å². The van der Waals surface area contributed by atoms with Gasteiger partial charge in [0.25, 0.3) is 0 Å². The highest BCUT2D eigenvalue weighted by Crippen LogP contribution is 2.31. The lowest BCUT2D eigenvalue weighted by Gasteiger charge is -2.34. The summed E-state index contributed by atoms with van der Waals surface area (Å²) in [6, 6.07) is 0.602. The number of fused-ring (bicyclic) bond motifs is 1. The first-order valence-corrected chi connectivity index (χ1v) is 8.09. The first-order chi connectivity index (χ1) is 9.76. The molecule has 0 spiro atoms. The van der Waals surface area contributed by atoms with Crippen LogP contribution in [-0.4, -0.2) is 48.2 Å². The van der Waals surface area contributed by atoms with E-state index in [4.69, 9.17) is 9.47 Å². The van der Waals surface area contributed by atoms with E-state index in [1.165, 1.54) is 19.4 Å². The van der Waals surface area contributed by atoms with Gasteiger partial charge < -0.3 is 9.47 Å². The Bertz CT molecular complexity index is 477. The predicted octanol–water partition coefficient (Wildman–Crippen LogP) is 1.78. The van der Waals surface area contributed by atoms with Crippen LogP contribution in [0.4, 0.5) is 0 Å². The Balaban J connectivity index is 1.60. The molecule has 1 aromatic rings. The van der Waals surface area contributed by atoms with Crippen LogP contribution in [0.25, 0.3) is 0 Å². The van der Waals surface area contributed by atoms with Gasteiger partial charge in [0.05, 0.1) is 25.3 Å². The fourth-order valence-corrected chi connectivity index (χ4v) is 3.74. The Morgan fingerprint density at radius 3 is 3.40 bits per heavy atom. The SMILES string of the molecule is CCOC(=O)Cc1csc(C2CN3CCCC3CO2)n1. The molecular formula is C14H20N2O3S. The van der Waals surface area contributed by atoms with Crippen LogP contribution in [0.1, 0.15) is 36.6 Å². The number of esters is 1. The van der Waals surface area contributed by atoms with Crippen molar-refractivity contribution >= 4 is 17.3 Å². The van der Waals surface area contributed by atoms with Crippen LogP contribution in [-0.2, 0) is 20.7 Å². The largest absolute Gasteiger partial charge is 0.466 e. The average Bonchev–Trinajstić information content (AvgIpc) is 3.06. The maximum Gasteiger partial charge on any atom is 0.311 e. The maximum atomic E-state index is 11.5. The zero-order valence-corrected chi connectivity index (χ0v) is 12.5. The Hall–Kier alpha value is -0.980. The average molecular weight is 296 g/mol. The van der Waals surface area contributed by atoms with Crippen LogP contribution < -0.4 is 0 Å². The number of rotatable bonds is 4. The molecule has 2 saturated heterocycles. The monoisotopic (exact) mass is 296 g/mol. The molecule has 20 heavy (non-hydrogen) atoms. The molecule has 2 unspecified atom stereocenters. The minimum absolute atomic E-state index is 0.0605. The van der Waals surface area contributed by atoms with Crippen molar-refractivity contribution < 1.29 is 14.3 Å². The molecule has 0 saturated carbocycles. The van der Waals surface area contributed by atoms with Gasteiger partial charge in [-0.3, -0.25) is 9.69 Å². The molecule has 0 bridgehead atoms. The smallest absolute Gasteiger partial charge is 0.311 e. The molecule has 0 radical (unpaired) electrons. The maximum absolute atomic E-state index is 11.5. The summed E-state index contributed by atoms with van der Waals surface area (Å²) >= 11 is 1.58. The number of thiazole rings is 1. The summed E-state index contributed by atoms with van der Waals surface area (Å²) in [7, 11) is 0. The van der Waals surface area contributed by atoms with Crippen molar-refractivity contribution in [3.05, 3.63) is 16.1 Å². The molecule has 6 heteroatoms.